The van der Waals surface area contributed by atoms with E-state index < -0.39 is 0 Å². The van der Waals surface area contributed by atoms with Gasteiger partial charge in [-0.05, 0) is 38.6 Å². The number of rotatable bonds is 4. The van der Waals surface area contributed by atoms with Crippen LogP contribution in [0.3, 0.4) is 0 Å². The SMILES string of the molecule is CNC(C(N)=O)C1CCC(C(=N)N(C)N)CC1. The Kier molecular flexibility index (Phi) is 4.89. The normalized spacial score (nSPS) is 26.3. The van der Waals surface area contributed by atoms with Crippen LogP contribution in [0, 0.1) is 17.2 Å². The van der Waals surface area contributed by atoms with Crippen molar-refractivity contribution < 1.29 is 4.79 Å². The second-order valence-corrected chi connectivity index (χ2v) is 4.78. The first-order chi connectivity index (χ1) is 7.97. The summed E-state index contributed by atoms with van der Waals surface area (Å²) in [5, 5.41) is 12.2. The van der Waals surface area contributed by atoms with Gasteiger partial charge in [0, 0.05) is 13.0 Å². The molecule has 0 heterocycles. The molecular formula is C11H23N5O. The quantitative estimate of drug-likeness (QED) is 0.233. The van der Waals surface area contributed by atoms with E-state index in [0.29, 0.717) is 5.84 Å². The predicted octanol–water partition coefficient (Wildman–Crippen LogP) is -0.351. The van der Waals surface area contributed by atoms with E-state index in [2.05, 4.69) is 5.32 Å². The zero-order valence-electron chi connectivity index (χ0n) is 10.6. The number of hydrogen-bond donors (Lipinski definition) is 4. The number of amidine groups is 1. The van der Waals surface area contributed by atoms with Crippen LogP contribution >= 0.6 is 0 Å². The van der Waals surface area contributed by atoms with Crippen LogP contribution in [0.15, 0.2) is 0 Å². The maximum Gasteiger partial charge on any atom is 0.234 e. The fourth-order valence-corrected chi connectivity index (χ4v) is 2.62. The number of nitrogens with zero attached hydrogens (tertiary/aromatic N) is 1. The second kappa shape index (κ2) is 5.97. The van der Waals surface area contributed by atoms with E-state index in [1.165, 1.54) is 5.01 Å². The fraction of sp³-hybridized carbons (Fsp3) is 0.818. The maximum atomic E-state index is 11.2. The van der Waals surface area contributed by atoms with Gasteiger partial charge in [-0.25, -0.2) is 5.84 Å². The average molecular weight is 241 g/mol. The molecule has 1 amide bonds. The number of likely N-dealkylation sites (N-methyl/N-ethyl adjacent to an activating group) is 1. The monoisotopic (exact) mass is 241 g/mol. The first-order valence-electron chi connectivity index (χ1n) is 6.00. The smallest absolute Gasteiger partial charge is 0.234 e. The van der Waals surface area contributed by atoms with E-state index in [1.54, 1.807) is 14.1 Å². The largest absolute Gasteiger partial charge is 0.368 e. The van der Waals surface area contributed by atoms with Gasteiger partial charge in [-0.2, -0.15) is 0 Å². The van der Waals surface area contributed by atoms with Crippen molar-refractivity contribution in [2.45, 2.75) is 31.7 Å². The number of carbonyl (C=O) groups is 1. The Labute approximate surface area is 102 Å². The van der Waals surface area contributed by atoms with Crippen molar-refractivity contribution in [3.8, 4) is 0 Å². The number of carbonyl (C=O) groups excluding carboxylic acids is 1. The molecule has 6 nitrogen and oxygen atoms in total. The van der Waals surface area contributed by atoms with Gasteiger partial charge in [0.25, 0.3) is 0 Å². The van der Waals surface area contributed by atoms with E-state index in [4.69, 9.17) is 17.0 Å². The Balaban J connectivity index is 2.50. The van der Waals surface area contributed by atoms with Crippen molar-refractivity contribution in [2.24, 2.45) is 23.4 Å². The molecule has 1 rings (SSSR count). The number of nitrogens with one attached hydrogen (secondary N) is 2. The number of nitrogens with two attached hydrogens (primary N) is 2. The van der Waals surface area contributed by atoms with Crippen LogP contribution in [0.5, 0.6) is 0 Å². The van der Waals surface area contributed by atoms with Gasteiger partial charge in [0.15, 0.2) is 0 Å². The van der Waals surface area contributed by atoms with Crippen LogP contribution < -0.4 is 16.9 Å². The molecule has 0 aromatic heterocycles. The van der Waals surface area contributed by atoms with Gasteiger partial charge >= 0.3 is 0 Å². The highest BCUT2D eigenvalue weighted by Gasteiger charge is 2.31. The van der Waals surface area contributed by atoms with Gasteiger partial charge in [-0.3, -0.25) is 10.2 Å². The number of hydrazine groups is 1. The van der Waals surface area contributed by atoms with Crippen molar-refractivity contribution in [2.75, 3.05) is 14.1 Å². The Morgan fingerprint density at radius 3 is 2.29 bits per heavy atom. The van der Waals surface area contributed by atoms with E-state index >= 15 is 0 Å². The molecule has 1 saturated carbocycles. The fourth-order valence-electron chi connectivity index (χ4n) is 2.62. The summed E-state index contributed by atoms with van der Waals surface area (Å²) >= 11 is 0. The van der Waals surface area contributed by atoms with E-state index in [-0.39, 0.29) is 23.8 Å². The highest BCUT2D eigenvalue weighted by atomic mass is 16.1. The number of hydrogen-bond acceptors (Lipinski definition) is 4. The van der Waals surface area contributed by atoms with Crippen LogP contribution in [0.1, 0.15) is 25.7 Å². The minimum absolute atomic E-state index is 0.214. The van der Waals surface area contributed by atoms with Crippen LogP contribution in [-0.2, 0) is 4.79 Å². The van der Waals surface area contributed by atoms with Gasteiger partial charge in [-0.15, -0.1) is 0 Å². The standard InChI is InChI=1S/C11H23N5O/c1-15-9(11(13)17)7-3-5-8(6-4-7)10(12)16(2)14/h7-9,12,15H,3-6,14H2,1-2H3,(H2,13,17). The second-order valence-electron chi connectivity index (χ2n) is 4.78. The van der Waals surface area contributed by atoms with Crippen LogP contribution in [0.2, 0.25) is 0 Å². The molecule has 0 radical (unpaired) electrons. The molecule has 98 valence electrons. The van der Waals surface area contributed by atoms with Crippen molar-refractivity contribution in [1.82, 2.24) is 10.3 Å². The molecule has 0 aliphatic heterocycles. The van der Waals surface area contributed by atoms with E-state index in [9.17, 15) is 4.79 Å². The molecule has 1 aliphatic rings. The van der Waals surface area contributed by atoms with Gasteiger partial charge in [-0.1, -0.05) is 0 Å². The first kappa shape index (κ1) is 13.9. The lowest BCUT2D eigenvalue weighted by molar-refractivity contribution is -0.121. The van der Waals surface area contributed by atoms with Crippen molar-refractivity contribution in [3.05, 3.63) is 0 Å². The van der Waals surface area contributed by atoms with Gasteiger partial charge in [0.05, 0.1) is 6.04 Å². The van der Waals surface area contributed by atoms with Crippen molar-refractivity contribution in [1.29, 1.82) is 5.41 Å². The summed E-state index contributed by atoms with van der Waals surface area (Å²) < 4.78 is 0. The minimum atomic E-state index is -0.290. The Morgan fingerprint density at radius 2 is 1.94 bits per heavy atom. The highest BCUT2D eigenvalue weighted by Crippen LogP contribution is 2.31. The Hall–Kier alpha value is -1.14. The summed E-state index contributed by atoms with van der Waals surface area (Å²) in [6.45, 7) is 0. The molecule has 0 bridgehead atoms. The third kappa shape index (κ3) is 3.41. The van der Waals surface area contributed by atoms with Crippen LogP contribution in [-0.4, -0.2) is 36.9 Å². The number of amides is 1. The molecular weight excluding hydrogens is 218 g/mol. The molecule has 6 N–H and O–H groups in total. The third-order valence-corrected chi connectivity index (χ3v) is 3.63. The van der Waals surface area contributed by atoms with E-state index in [0.717, 1.165) is 25.7 Å². The summed E-state index contributed by atoms with van der Waals surface area (Å²) in [5.41, 5.74) is 5.35. The molecule has 17 heavy (non-hydrogen) atoms. The summed E-state index contributed by atoms with van der Waals surface area (Å²) in [5.74, 6) is 6.24. The maximum absolute atomic E-state index is 11.2. The zero-order chi connectivity index (χ0) is 13.0. The Bertz CT molecular complexity index is 284. The molecule has 6 heteroatoms. The Morgan fingerprint density at radius 1 is 1.41 bits per heavy atom. The van der Waals surface area contributed by atoms with Gasteiger partial charge < -0.3 is 16.1 Å². The lowest BCUT2D eigenvalue weighted by atomic mass is 9.77. The molecule has 1 atom stereocenters. The van der Waals surface area contributed by atoms with Crippen LogP contribution in [0.4, 0.5) is 0 Å². The van der Waals surface area contributed by atoms with Crippen molar-refractivity contribution in [3.63, 3.8) is 0 Å². The molecule has 0 spiro atoms. The molecule has 1 aliphatic carbocycles. The molecule has 1 fully saturated rings. The van der Waals surface area contributed by atoms with Gasteiger partial charge in [0.1, 0.15) is 5.84 Å². The summed E-state index contributed by atoms with van der Waals surface area (Å²) in [7, 11) is 3.45. The topological polar surface area (TPSA) is 108 Å². The van der Waals surface area contributed by atoms with Crippen LogP contribution in [0.25, 0.3) is 0 Å². The predicted molar refractivity (Wildman–Crippen MR) is 67.2 cm³/mol. The first-order valence-corrected chi connectivity index (χ1v) is 6.00. The average Bonchev–Trinajstić information content (AvgIpc) is 2.29. The molecule has 0 aromatic rings. The van der Waals surface area contributed by atoms with E-state index in [1.807, 2.05) is 0 Å². The lowest BCUT2D eigenvalue weighted by Crippen LogP contribution is -2.47. The molecule has 0 aromatic carbocycles. The minimum Gasteiger partial charge on any atom is -0.368 e. The lowest BCUT2D eigenvalue weighted by Gasteiger charge is -2.33. The summed E-state index contributed by atoms with van der Waals surface area (Å²) in [6, 6.07) is -0.249. The van der Waals surface area contributed by atoms with Gasteiger partial charge in [0.2, 0.25) is 5.91 Å². The molecule has 1 unspecified atom stereocenters. The van der Waals surface area contributed by atoms with Crippen molar-refractivity contribution >= 4 is 11.7 Å². The zero-order valence-corrected chi connectivity index (χ0v) is 10.6. The highest BCUT2D eigenvalue weighted by molar-refractivity contribution is 5.81. The number of primary amides is 1. The summed E-state index contributed by atoms with van der Waals surface area (Å²) in [6.07, 6.45) is 3.62. The summed E-state index contributed by atoms with van der Waals surface area (Å²) in [4.78, 5) is 11.2. The third-order valence-electron chi connectivity index (χ3n) is 3.63. The molecule has 0 saturated heterocycles.